The first kappa shape index (κ1) is 25.3. The number of benzene rings is 2. The third-order valence-corrected chi connectivity index (χ3v) is 6.72. The van der Waals surface area contributed by atoms with Gasteiger partial charge < -0.3 is 10.3 Å². The number of nitrogens with zero attached hydrogens (tertiary/aromatic N) is 5. The topological polar surface area (TPSA) is 118 Å². The van der Waals surface area contributed by atoms with Gasteiger partial charge in [0.05, 0.1) is 24.4 Å². The molecule has 2 N–H and O–H groups in total. The minimum atomic E-state index is -0.276. The maximum atomic E-state index is 13.0. The second-order valence-electron chi connectivity index (χ2n) is 9.50. The van der Waals surface area contributed by atoms with Crippen molar-refractivity contribution in [3.05, 3.63) is 78.8 Å². The van der Waals surface area contributed by atoms with E-state index in [1.54, 1.807) is 16.9 Å². The zero-order valence-electron chi connectivity index (χ0n) is 21.4. The van der Waals surface area contributed by atoms with Crippen molar-refractivity contribution in [2.45, 2.75) is 57.9 Å². The average Bonchev–Trinajstić information content (AvgIpc) is 3.61. The lowest BCUT2D eigenvalue weighted by Gasteiger charge is -2.17. The summed E-state index contributed by atoms with van der Waals surface area (Å²) in [6.45, 7) is 1.90. The van der Waals surface area contributed by atoms with Crippen LogP contribution in [0.5, 0.6) is 0 Å². The van der Waals surface area contributed by atoms with Gasteiger partial charge in [-0.3, -0.25) is 9.59 Å². The second-order valence-corrected chi connectivity index (χ2v) is 9.50. The summed E-state index contributed by atoms with van der Waals surface area (Å²) in [7, 11) is 0. The van der Waals surface area contributed by atoms with Crippen molar-refractivity contribution >= 4 is 28.2 Å². The standard InChI is InChI=1S/C29H31N7O2/c1-2-24(37)10-4-3-5-11-25(34-27(38)14-20-16-31-29-32-19-33-36(29)18-20)28-30-17-26(35-28)23-13-12-21-8-6-7-9-22(21)15-23/h6-9,12-13,15-19,25H,2-5,10-11,14H2,1H3,(H,30,35)(H,34,38)/t25-/m0/s1. The molecule has 0 saturated carbocycles. The third kappa shape index (κ3) is 6.11. The number of hydrogen-bond donors (Lipinski definition) is 2. The predicted molar refractivity (Wildman–Crippen MR) is 145 cm³/mol. The highest BCUT2D eigenvalue weighted by molar-refractivity contribution is 5.86. The molecule has 194 valence electrons. The number of amides is 1. The Kier molecular flexibility index (Phi) is 7.82. The van der Waals surface area contributed by atoms with Gasteiger partial charge in [0.1, 0.15) is 17.9 Å². The highest BCUT2D eigenvalue weighted by Gasteiger charge is 2.19. The summed E-state index contributed by atoms with van der Waals surface area (Å²) >= 11 is 0. The summed E-state index contributed by atoms with van der Waals surface area (Å²) < 4.78 is 1.56. The smallest absolute Gasteiger partial charge is 0.252 e. The molecule has 0 aliphatic carbocycles. The van der Waals surface area contributed by atoms with Crippen molar-refractivity contribution in [2.75, 3.05) is 0 Å². The number of carbonyl (C=O) groups excluding carboxylic acids is 2. The Bertz CT molecular complexity index is 1550. The molecule has 9 nitrogen and oxygen atoms in total. The van der Waals surface area contributed by atoms with Gasteiger partial charge in [-0.25, -0.2) is 14.5 Å². The first-order valence-electron chi connectivity index (χ1n) is 13.1. The van der Waals surface area contributed by atoms with Crippen LogP contribution in [0, 0.1) is 0 Å². The highest BCUT2D eigenvalue weighted by Crippen LogP contribution is 2.26. The van der Waals surface area contributed by atoms with Gasteiger partial charge >= 0.3 is 0 Å². The zero-order chi connectivity index (χ0) is 26.3. The Morgan fingerprint density at radius 2 is 1.87 bits per heavy atom. The second kappa shape index (κ2) is 11.8. The van der Waals surface area contributed by atoms with Crippen LogP contribution >= 0.6 is 0 Å². The number of ketones is 1. The lowest BCUT2D eigenvalue weighted by Crippen LogP contribution is -2.30. The first-order valence-corrected chi connectivity index (χ1v) is 13.1. The molecule has 0 fully saturated rings. The first-order chi connectivity index (χ1) is 18.6. The summed E-state index contributed by atoms with van der Waals surface area (Å²) in [6, 6.07) is 14.3. The molecule has 1 atom stereocenters. The third-order valence-electron chi connectivity index (χ3n) is 6.72. The minimum Gasteiger partial charge on any atom is -0.346 e. The summed E-state index contributed by atoms with van der Waals surface area (Å²) in [5, 5.41) is 9.59. The van der Waals surface area contributed by atoms with E-state index in [4.69, 9.17) is 0 Å². The van der Waals surface area contributed by atoms with E-state index in [-0.39, 0.29) is 18.4 Å². The van der Waals surface area contributed by atoms with E-state index in [1.165, 1.54) is 11.7 Å². The lowest BCUT2D eigenvalue weighted by atomic mass is 10.0. The molecule has 38 heavy (non-hydrogen) atoms. The number of rotatable bonds is 12. The monoisotopic (exact) mass is 509 g/mol. The molecule has 0 saturated heterocycles. The fraction of sp³-hybridized carbons (Fsp3) is 0.310. The predicted octanol–water partition coefficient (Wildman–Crippen LogP) is 5.00. The van der Waals surface area contributed by atoms with Crippen LogP contribution in [0.1, 0.15) is 62.9 Å². The van der Waals surface area contributed by atoms with Crippen molar-refractivity contribution in [3.8, 4) is 11.3 Å². The van der Waals surface area contributed by atoms with Crippen molar-refractivity contribution < 1.29 is 9.59 Å². The largest absolute Gasteiger partial charge is 0.346 e. The number of Topliss-reactive ketones (excluding diaryl/α,β-unsaturated/α-hetero) is 1. The number of imidazole rings is 1. The van der Waals surface area contributed by atoms with Gasteiger partial charge in [0, 0.05) is 30.8 Å². The quantitative estimate of drug-likeness (QED) is 0.229. The Morgan fingerprint density at radius 1 is 1.00 bits per heavy atom. The molecule has 3 aromatic heterocycles. The molecular weight excluding hydrogens is 478 g/mol. The average molecular weight is 510 g/mol. The fourth-order valence-electron chi connectivity index (χ4n) is 4.60. The lowest BCUT2D eigenvalue weighted by molar-refractivity contribution is -0.121. The Balaban J connectivity index is 1.30. The number of carbonyl (C=O) groups is 2. The fourth-order valence-corrected chi connectivity index (χ4v) is 4.60. The summed E-state index contributed by atoms with van der Waals surface area (Å²) in [6.07, 6.45) is 11.4. The molecule has 0 aliphatic heterocycles. The normalized spacial score (nSPS) is 12.1. The molecule has 0 bridgehead atoms. The van der Waals surface area contributed by atoms with E-state index in [9.17, 15) is 9.59 Å². The highest BCUT2D eigenvalue weighted by atomic mass is 16.1. The molecule has 1 amide bonds. The van der Waals surface area contributed by atoms with E-state index in [0.29, 0.717) is 24.4 Å². The van der Waals surface area contributed by atoms with E-state index < -0.39 is 0 Å². The van der Waals surface area contributed by atoms with Crippen LogP contribution in [0.25, 0.3) is 27.8 Å². The van der Waals surface area contributed by atoms with Crippen molar-refractivity contribution in [3.63, 3.8) is 0 Å². The Labute approximate surface area is 220 Å². The van der Waals surface area contributed by atoms with E-state index >= 15 is 0 Å². The maximum absolute atomic E-state index is 13.0. The molecule has 9 heteroatoms. The number of aromatic nitrogens is 6. The molecule has 0 spiro atoms. The van der Waals surface area contributed by atoms with Crippen LogP contribution in [-0.4, -0.2) is 41.2 Å². The molecular formula is C29H31N7O2. The maximum Gasteiger partial charge on any atom is 0.252 e. The number of aromatic amines is 1. The van der Waals surface area contributed by atoms with Gasteiger partial charge in [-0.15, -0.1) is 0 Å². The number of nitrogens with one attached hydrogen (secondary N) is 2. The minimum absolute atomic E-state index is 0.124. The van der Waals surface area contributed by atoms with Crippen molar-refractivity contribution in [1.29, 1.82) is 0 Å². The van der Waals surface area contributed by atoms with E-state index in [2.05, 4.69) is 60.7 Å². The molecule has 0 aliphatic rings. The van der Waals surface area contributed by atoms with Crippen LogP contribution in [0.4, 0.5) is 0 Å². The molecule has 5 aromatic rings. The van der Waals surface area contributed by atoms with Gasteiger partial charge in [0.2, 0.25) is 5.91 Å². The van der Waals surface area contributed by atoms with E-state index in [1.807, 2.05) is 25.3 Å². The molecule has 5 rings (SSSR count). The summed E-state index contributed by atoms with van der Waals surface area (Å²) in [5.74, 6) is 1.38. The Hall–Kier alpha value is -4.40. The zero-order valence-corrected chi connectivity index (χ0v) is 21.4. The molecule has 0 unspecified atom stereocenters. The van der Waals surface area contributed by atoms with Crippen molar-refractivity contribution in [2.24, 2.45) is 0 Å². The number of hydrogen-bond acceptors (Lipinski definition) is 6. The van der Waals surface area contributed by atoms with Crippen LogP contribution in [-0.2, 0) is 16.0 Å². The molecule has 2 aromatic carbocycles. The van der Waals surface area contributed by atoms with Gasteiger partial charge in [-0.1, -0.05) is 56.2 Å². The number of H-pyrrole nitrogens is 1. The van der Waals surface area contributed by atoms with Crippen LogP contribution in [0.15, 0.2) is 67.4 Å². The van der Waals surface area contributed by atoms with Gasteiger partial charge in [-0.05, 0) is 35.2 Å². The number of unbranched alkanes of at least 4 members (excludes halogenated alkanes) is 2. The SMILES string of the molecule is CCC(=O)CCCCC[C@H](NC(=O)Cc1cnc2ncnn2c1)c1ncc(-c2ccc3ccccc3c2)[nH]1. The van der Waals surface area contributed by atoms with Gasteiger partial charge in [0.25, 0.3) is 5.78 Å². The molecule has 0 radical (unpaired) electrons. The van der Waals surface area contributed by atoms with Gasteiger partial charge in [-0.2, -0.15) is 10.1 Å². The van der Waals surface area contributed by atoms with Gasteiger partial charge in [0.15, 0.2) is 0 Å². The van der Waals surface area contributed by atoms with Crippen molar-refractivity contribution in [1.82, 2.24) is 34.9 Å². The van der Waals surface area contributed by atoms with Crippen LogP contribution in [0.2, 0.25) is 0 Å². The summed E-state index contributed by atoms with van der Waals surface area (Å²) in [5.41, 5.74) is 2.69. The summed E-state index contributed by atoms with van der Waals surface area (Å²) in [4.78, 5) is 41.1. The number of fused-ring (bicyclic) bond motifs is 2. The van der Waals surface area contributed by atoms with E-state index in [0.717, 1.165) is 53.7 Å². The molecule has 3 heterocycles. The van der Waals surface area contributed by atoms with Crippen LogP contribution in [0.3, 0.4) is 0 Å². The van der Waals surface area contributed by atoms with Crippen LogP contribution < -0.4 is 5.32 Å². The Morgan fingerprint density at radius 3 is 2.74 bits per heavy atom.